The third-order valence-corrected chi connectivity index (χ3v) is 6.35. The Bertz CT molecular complexity index is 1410. The van der Waals surface area contributed by atoms with Crippen molar-refractivity contribution in [2.24, 2.45) is 5.73 Å². The molecule has 0 saturated heterocycles. The highest BCUT2D eigenvalue weighted by Crippen LogP contribution is 2.47. The number of nitrogens with zero attached hydrogens (tertiary/aromatic N) is 1. The van der Waals surface area contributed by atoms with Gasteiger partial charge in [-0.1, -0.05) is 32.0 Å². The smallest absolute Gasteiger partial charge is 0.349 e. The van der Waals surface area contributed by atoms with Gasteiger partial charge in [-0.3, -0.25) is 0 Å². The van der Waals surface area contributed by atoms with Crippen molar-refractivity contribution >= 4 is 5.97 Å². The molecule has 202 valence electrons. The lowest BCUT2D eigenvalue weighted by Crippen LogP contribution is -2.22. The topological polar surface area (TPSA) is 122 Å². The van der Waals surface area contributed by atoms with Gasteiger partial charge >= 0.3 is 5.97 Å². The minimum absolute atomic E-state index is 0.0552. The van der Waals surface area contributed by atoms with Crippen molar-refractivity contribution in [3.8, 4) is 40.6 Å². The van der Waals surface area contributed by atoms with Gasteiger partial charge in [-0.15, -0.1) is 0 Å². The van der Waals surface area contributed by atoms with Crippen molar-refractivity contribution in [2.75, 3.05) is 27.9 Å². The Balaban J connectivity index is 1.58. The second-order valence-corrected chi connectivity index (χ2v) is 9.07. The number of fused-ring (bicyclic) bond motifs is 1. The maximum atomic E-state index is 12.5. The van der Waals surface area contributed by atoms with Gasteiger partial charge in [-0.05, 0) is 47.4 Å². The van der Waals surface area contributed by atoms with Crippen LogP contribution in [0.4, 0.5) is 0 Å². The molecule has 3 aromatic rings. The van der Waals surface area contributed by atoms with Gasteiger partial charge in [0.15, 0.2) is 18.1 Å². The lowest BCUT2D eigenvalue weighted by molar-refractivity contribution is -0.136. The van der Waals surface area contributed by atoms with E-state index in [2.05, 4.69) is 19.9 Å². The maximum absolute atomic E-state index is 12.5. The predicted molar refractivity (Wildman–Crippen MR) is 143 cm³/mol. The van der Waals surface area contributed by atoms with Gasteiger partial charge < -0.3 is 34.2 Å². The van der Waals surface area contributed by atoms with Crippen molar-refractivity contribution in [3.63, 3.8) is 0 Å². The van der Waals surface area contributed by atoms with Crippen LogP contribution in [-0.4, -0.2) is 33.9 Å². The Morgan fingerprint density at radius 2 is 1.62 bits per heavy atom. The summed E-state index contributed by atoms with van der Waals surface area (Å²) in [6.07, 6.45) is 0. The normalized spacial score (nSPS) is 14.1. The molecule has 1 aliphatic rings. The molecule has 3 aromatic carbocycles. The number of ether oxygens (including phenoxy) is 6. The first-order chi connectivity index (χ1) is 18.8. The van der Waals surface area contributed by atoms with Crippen LogP contribution < -0.4 is 34.2 Å². The first-order valence-corrected chi connectivity index (χ1v) is 12.2. The number of carbonyl (C=O) groups is 1. The molecule has 0 radical (unpaired) electrons. The fourth-order valence-electron chi connectivity index (χ4n) is 4.36. The molecule has 1 aliphatic heterocycles. The average molecular weight is 531 g/mol. The Morgan fingerprint density at radius 1 is 0.974 bits per heavy atom. The number of esters is 1. The van der Waals surface area contributed by atoms with Gasteiger partial charge in [0.1, 0.15) is 28.9 Å². The zero-order chi connectivity index (χ0) is 28.1. The fraction of sp³-hybridized carbons (Fsp3) is 0.267. The Morgan fingerprint density at radius 3 is 2.18 bits per heavy atom. The van der Waals surface area contributed by atoms with Crippen LogP contribution >= 0.6 is 0 Å². The lowest BCUT2D eigenvalue weighted by Gasteiger charge is -2.27. The van der Waals surface area contributed by atoms with E-state index in [-0.39, 0.29) is 23.8 Å². The summed E-state index contributed by atoms with van der Waals surface area (Å²) in [7, 11) is 4.54. The second kappa shape index (κ2) is 11.7. The van der Waals surface area contributed by atoms with Crippen LogP contribution in [0.3, 0.4) is 0 Å². The molecule has 0 amide bonds. The van der Waals surface area contributed by atoms with E-state index in [1.807, 2.05) is 24.3 Å². The summed E-state index contributed by atoms with van der Waals surface area (Å²) in [6, 6.07) is 18.1. The molecule has 0 aromatic heterocycles. The highest BCUT2D eigenvalue weighted by Gasteiger charge is 2.32. The van der Waals surface area contributed by atoms with Gasteiger partial charge in [0.2, 0.25) is 11.6 Å². The van der Waals surface area contributed by atoms with E-state index < -0.39 is 11.9 Å². The quantitative estimate of drug-likeness (QED) is 0.299. The molecule has 1 unspecified atom stereocenters. The summed E-state index contributed by atoms with van der Waals surface area (Å²) >= 11 is 0. The summed E-state index contributed by atoms with van der Waals surface area (Å²) in [4.78, 5) is 12.5. The summed E-state index contributed by atoms with van der Waals surface area (Å²) < 4.78 is 33.2. The van der Waals surface area contributed by atoms with E-state index in [1.54, 1.807) is 30.3 Å². The number of hydrogen-bond acceptors (Lipinski definition) is 9. The molecule has 0 spiro atoms. The summed E-state index contributed by atoms with van der Waals surface area (Å²) in [5.41, 5.74) is 8.87. The number of methoxy groups -OCH3 is 3. The highest BCUT2D eigenvalue weighted by molar-refractivity contribution is 5.74. The molecule has 0 fully saturated rings. The molecule has 1 atom stereocenters. The van der Waals surface area contributed by atoms with Crippen molar-refractivity contribution in [2.45, 2.75) is 25.7 Å². The second-order valence-electron chi connectivity index (χ2n) is 9.07. The first kappa shape index (κ1) is 27.2. The first-order valence-electron chi connectivity index (χ1n) is 12.2. The monoisotopic (exact) mass is 530 g/mol. The molecule has 0 saturated carbocycles. The summed E-state index contributed by atoms with van der Waals surface area (Å²) in [5.74, 6) is 1.62. The van der Waals surface area contributed by atoms with E-state index in [0.717, 1.165) is 0 Å². The number of benzene rings is 3. The summed E-state index contributed by atoms with van der Waals surface area (Å²) in [6.45, 7) is 3.94. The van der Waals surface area contributed by atoms with Gasteiger partial charge in [0.05, 0.1) is 27.2 Å². The molecule has 2 N–H and O–H groups in total. The van der Waals surface area contributed by atoms with Crippen LogP contribution in [0.5, 0.6) is 34.5 Å². The number of carbonyl (C=O) groups excluding carboxylic acids is 1. The highest BCUT2D eigenvalue weighted by atomic mass is 16.6. The molecule has 9 nitrogen and oxygen atoms in total. The van der Waals surface area contributed by atoms with Crippen LogP contribution in [-0.2, 0) is 4.79 Å². The minimum Gasteiger partial charge on any atom is -0.493 e. The van der Waals surface area contributed by atoms with E-state index >= 15 is 0 Å². The zero-order valence-electron chi connectivity index (χ0n) is 22.4. The lowest BCUT2D eigenvalue weighted by atomic mass is 9.83. The van der Waals surface area contributed by atoms with Crippen molar-refractivity contribution < 1.29 is 33.2 Å². The van der Waals surface area contributed by atoms with Gasteiger partial charge in [-0.25, -0.2) is 4.79 Å². The minimum atomic E-state index is -0.589. The molecular weight excluding hydrogens is 500 g/mol. The van der Waals surface area contributed by atoms with Gasteiger partial charge in [0, 0.05) is 11.6 Å². The van der Waals surface area contributed by atoms with Crippen LogP contribution in [0, 0.1) is 11.3 Å². The van der Waals surface area contributed by atoms with Crippen molar-refractivity contribution in [3.05, 3.63) is 82.7 Å². The maximum Gasteiger partial charge on any atom is 0.349 e. The molecule has 0 bridgehead atoms. The van der Waals surface area contributed by atoms with Crippen LogP contribution in [0.1, 0.15) is 42.4 Å². The predicted octanol–water partition coefficient (Wildman–Crippen LogP) is 5.04. The average Bonchev–Trinajstić information content (AvgIpc) is 2.94. The Kier molecular flexibility index (Phi) is 8.15. The number of hydrogen-bond donors (Lipinski definition) is 1. The van der Waals surface area contributed by atoms with Gasteiger partial charge in [0.25, 0.3) is 0 Å². The molecule has 9 heteroatoms. The molecular formula is C30H30N2O7. The SMILES string of the molecule is COc1cc(C2C(C#N)=C(N)Oc3cc(OC(=O)COc4ccc(C(C)C)cc4)ccc32)cc(OC)c1OC. The van der Waals surface area contributed by atoms with Gasteiger partial charge in [-0.2, -0.15) is 5.26 Å². The number of nitrogens with two attached hydrogens (primary N) is 1. The third-order valence-electron chi connectivity index (χ3n) is 6.35. The van der Waals surface area contributed by atoms with Crippen molar-refractivity contribution in [1.29, 1.82) is 5.26 Å². The third kappa shape index (κ3) is 5.70. The molecule has 0 aliphatic carbocycles. The zero-order valence-corrected chi connectivity index (χ0v) is 22.4. The van der Waals surface area contributed by atoms with E-state index in [0.29, 0.717) is 45.8 Å². The number of nitriles is 1. The largest absolute Gasteiger partial charge is 0.493 e. The van der Waals surface area contributed by atoms with E-state index in [1.165, 1.54) is 26.9 Å². The van der Waals surface area contributed by atoms with Crippen LogP contribution in [0.15, 0.2) is 66.1 Å². The van der Waals surface area contributed by atoms with Crippen LogP contribution in [0.2, 0.25) is 0 Å². The Labute approximate surface area is 227 Å². The molecule has 4 rings (SSSR count). The Hall–Kier alpha value is -4.84. The summed E-state index contributed by atoms with van der Waals surface area (Å²) in [5, 5.41) is 9.90. The van der Waals surface area contributed by atoms with Crippen molar-refractivity contribution in [1.82, 2.24) is 0 Å². The van der Waals surface area contributed by atoms with E-state index in [4.69, 9.17) is 34.2 Å². The number of rotatable bonds is 9. The molecule has 39 heavy (non-hydrogen) atoms. The molecule has 1 heterocycles. The standard InChI is InChI=1S/C30H30N2O7/c1-17(2)18-6-8-20(9-7-18)37-16-27(33)38-21-10-11-22-24(14-21)39-30(32)23(15-31)28(22)19-12-25(34-3)29(36-5)26(13-19)35-4/h6-14,17,28H,16,32H2,1-5H3. The van der Waals surface area contributed by atoms with E-state index in [9.17, 15) is 10.1 Å². The fourth-order valence-corrected chi connectivity index (χ4v) is 4.36. The number of allylic oxidation sites excluding steroid dienone is 1. The van der Waals surface area contributed by atoms with Crippen LogP contribution in [0.25, 0.3) is 0 Å².